The Balaban J connectivity index is 1.59. The van der Waals surface area contributed by atoms with E-state index in [0.29, 0.717) is 0 Å². The van der Waals surface area contributed by atoms with Crippen LogP contribution in [0.25, 0.3) is 0 Å². The summed E-state index contributed by atoms with van der Waals surface area (Å²) in [6.45, 7) is 8.22. The largest absolute Gasteiger partial charge is 0.381 e. The molecule has 1 aliphatic carbocycles. The molecule has 3 rings (SSSR count). The van der Waals surface area contributed by atoms with Gasteiger partial charge in [0.1, 0.15) is 0 Å². The molecular formula is C17H27N3O. The lowest BCUT2D eigenvalue weighted by Crippen LogP contribution is -2.45. The number of hydrogen-bond acceptors (Lipinski definition) is 4. The summed E-state index contributed by atoms with van der Waals surface area (Å²) in [6.07, 6.45) is 5.75. The standard InChI is InChI=1S/C17H27N3O/c1-2-20(11-16-5-3-4-9-18-16)13-17(8-10-21-14-17)12-19-15-6-7-15/h3-5,9,15,19H,2,6-8,10-14H2,1H3. The van der Waals surface area contributed by atoms with Gasteiger partial charge in [-0.15, -0.1) is 0 Å². The van der Waals surface area contributed by atoms with Gasteiger partial charge in [0.15, 0.2) is 0 Å². The van der Waals surface area contributed by atoms with Crippen LogP contribution in [0.5, 0.6) is 0 Å². The Hall–Kier alpha value is -0.970. The highest BCUT2D eigenvalue weighted by Crippen LogP contribution is 2.31. The number of rotatable bonds is 8. The van der Waals surface area contributed by atoms with Crippen LogP contribution < -0.4 is 5.32 Å². The van der Waals surface area contributed by atoms with Crippen LogP contribution in [-0.2, 0) is 11.3 Å². The van der Waals surface area contributed by atoms with Crippen LogP contribution in [0.15, 0.2) is 24.4 Å². The molecule has 1 N–H and O–H groups in total. The lowest BCUT2D eigenvalue weighted by Gasteiger charge is -2.34. The van der Waals surface area contributed by atoms with Crippen LogP contribution in [0, 0.1) is 5.41 Å². The third-order valence-electron chi connectivity index (χ3n) is 4.65. The van der Waals surface area contributed by atoms with Crippen LogP contribution >= 0.6 is 0 Å². The molecule has 1 aromatic heterocycles. The molecule has 2 aliphatic rings. The molecule has 0 aromatic carbocycles. The number of nitrogens with zero attached hydrogens (tertiary/aromatic N) is 2. The minimum absolute atomic E-state index is 0.285. The maximum Gasteiger partial charge on any atom is 0.0547 e. The summed E-state index contributed by atoms with van der Waals surface area (Å²) in [5.74, 6) is 0. The maximum absolute atomic E-state index is 5.73. The third kappa shape index (κ3) is 4.25. The summed E-state index contributed by atoms with van der Waals surface area (Å²) < 4.78 is 5.73. The monoisotopic (exact) mass is 289 g/mol. The predicted octanol–water partition coefficient (Wildman–Crippen LogP) is 2.06. The number of aromatic nitrogens is 1. The highest BCUT2D eigenvalue weighted by Gasteiger charge is 2.37. The van der Waals surface area contributed by atoms with Crippen molar-refractivity contribution in [1.29, 1.82) is 0 Å². The summed E-state index contributed by atoms with van der Waals surface area (Å²) >= 11 is 0. The fourth-order valence-corrected chi connectivity index (χ4v) is 3.09. The van der Waals surface area contributed by atoms with Gasteiger partial charge in [0.25, 0.3) is 0 Å². The van der Waals surface area contributed by atoms with E-state index in [1.807, 2.05) is 12.3 Å². The van der Waals surface area contributed by atoms with Crippen LogP contribution in [0.3, 0.4) is 0 Å². The molecule has 1 aromatic rings. The molecule has 4 heteroatoms. The Morgan fingerprint density at radius 1 is 1.43 bits per heavy atom. The zero-order chi connectivity index (χ0) is 14.5. The first-order chi connectivity index (χ1) is 10.3. The SMILES string of the molecule is CCN(Cc1ccccn1)CC1(CNC2CC2)CCOC1. The first-order valence-corrected chi connectivity index (χ1v) is 8.23. The molecule has 2 heterocycles. The molecule has 21 heavy (non-hydrogen) atoms. The third-order valence-corrected chi connectivity index (χ3v) is 4.65. The van der Waals surface area contributed by atoms with Crippen molar-refractivity contribution in [3.05, 3.63) is 30.1 Å². The molecule has 1 aliphatic heterocycles. The van der Waals surface area contributed by atoms with Crippen LogP contribution in [0.1, 0.15) is 31.9 Å². The van der Waals surface area contributed by atoms with Gasteiger partial charge < -0.3 is 10.1 Å². The Labute approximate surface area is 127 Å². The van der Waals surface area contributed by atoms with Crippen molar-refractivity contribution in [1.82, 2.24) is 15.2 Å². The minimum Gasteiger partial charge on any atom is -0.381 e. The van der Waals surface area contributed by atoms with Gasteiger partial charge >= 0.3 is 0 Å². The Bertz CT molecular complexity index is 427. The summed E-state index contributed by atoms with van der Waals surface area (Å²) in [5.41, 5.74) is 1.44. The second-order valence-electron chi connectivity index (χ2n) is 6.58. The molecule has 1 saturated heterocycles. The fraction of sp³-hybridized carbons (Fsp3) is 0.706. The predicted molar refractivity (Wildman–Crippen MR) is 84.1 cm³/mol. The Morgan fingerprint density at radius 2 is 2.33 bits per heavy atom. The van der Waals surface area contributed by atoms with Crippen molar-refractivity contribution in [3.63, 3.8) is 0 Å². The number of ether oxygens (including phenoxy) is 1. The molecule has 1 saturated carbocycles. The summed E-state index contributed by atoms with van der Waals surface area (Å²) in [6, 6.07) is 6.93. The van der Waals surface area contributed by atoms with E-state index in [2.05, 4.69) is 34.3 Å². The van der Waals surface area contributed by atoms with E-state index in [-0.39, 0.29) is 5.41 Å². The van der Waals surface area contributed by atoms with Crippen LogP contribution in [0.4, 0.5) is 0 Å². The zero-order valence-corrected chi connectivity index (χ0v) is 13.1. The summed E-state index contributed by atoms with van der Waals surface area (Å²) in [7, 11) is 0. The van der Waals surface area contributed by atoms with Gasteiger partial charge in [0.2, 0.25) is 0 Å². The van der Waals surface area contributed by atoms with E-state index in [1.165, 1.54) is 19.3 Å². The van der Waals surface area contributed by atoms with E-state index >= 15 is 0 Å². The van der Waals surface area contributed by atoms with E-state index < -0.39 is 0 Å². The lowest BCUT2D eigenvalue weighted by molar-refractivity contribution is 0.106. The van der Waals surface area contributed by atoms with Crippen LogP contribution in [-0.4, -0.2) is 48.8 Å². The molecule has 0 radical (unpaired) electrons. The van der Waals surface area contributed by atoms with Gasteiger partial charge in [-0.05, 0) is 37.9 Å². The molecular weight excluding hydrogens is 262 g/mol. The molecule has 0 bridgehead atoms. The number of nitrogens with one attached hydrogen (secondary N) is 1. The molecule has 0 amide bonds. The first kappa shape index (κ1) is 14.9. The summed E-state index contributed by atoms with van der Waals surface area (Å²) in [4.78, 5) is 6.97. The second-order valence-corrected chi connectivity index (χ2v) is 6.58. The van der Waals surface area contributed by atoms with Gasteiger partial charge in [0.05, 0.1) is 12.3 Å². The van der Waals surface area contributed by atoms with Gasteiger partial charge in [-0.3, -0.25) is 9.88 Å². The van der Waals surface area contributed by atoms with Crippen molar-refractivity contribution < 1.29 is 4.74 Å². The molecule has 1 atom stereocenters. The maximum atomic E-state index is 5.73. The first-order valence-electron chi connectivity index (χ1n) is 8.23. The molecule has 0 spiro atoms. The summed E-state index contributed by atoms with van der Waals surface area (Å²) in [5, 5.41) is 3.71. The number of hydrogen-bond donors (Lipinski definition) is 1. The van der Waals surface area contributed by atoms with E-state index in [4.69, 9.17) is 4.74 Å². The van der Waals surface area contributed by atoms with Crippen LogP contribution in [0.2, 0.25) is 0 Å². The van der Waals surface area contributed by atoms with E-state index in [0.717, 1.165) is 51.1 Å². The highest BCUT2D eigenvalue weighted by molar-refractivity contribution is 5.03. The van der Waals surface area contributed by atoms with Crippen molar-refractivity contribution in [2.75, 3.05) is 32.8 Å². The van der Waals surface area contributed by atoms with Gasteiger partial charge in [-0.25, -0.2) is 0 Å². The van der Waals surface area contributed by atoms with Gasteiger partial charge in [-0.2, -0.15) is 0 Å². The lowest BCUT2D eigenvalue weighted by atomic mass is 9.86. The molecule has 4 nitrogen and oxygen atoms in total. The zero-order valence-electron chi connectivity index (χ0n) is 13.1. The minimum atomic E-state index is 0.285. The normalized spacial score (nSPS) is 25.6. The Kier molecular flexibility index (Phi) is 4.88. The van der Waals surface area contributed by atoms with Crippen molar-refractivity contribution >= 4 is 0 Å². The molecule has 1 unspecified atom stereocenters. The van der Waals surface area contributed by atoms with E-state index in [9.17, 15) is 0 Å². The molecule has 2 fully saturated rings. The second kappa shape index (κ2) is 6.86. The number of pyridine rings is 1. The van der Waals surface area contributed by atoms with Crippen molar-refractivity contribution in [2.45, 2.75) is 38.8 Å². The van der Waals surface area contributed by atoms with E-state index in [1.54, 1.807) is 0 Å². The van der Waals surface area contributed by atoms with Crippen molar-refractivity contribution in [3.8, 4) is 0 Å². The quantitative estimate of drug-likeness (QED) is 0.795. The van der Waals surface area contributed by atoms with Gasteiger partial charge in [-0.1, -0.05) is 13.0 Å². The molecule has 116 valence electrons. The van der Waals surface area contributed by atoms with Gasteiger partial charge in [0, 0.05) is 43.9 Å². The highest BCUT2D eigenvalue weighted by atomic mass is 16.5. The fourth-order valence-electron chi connectivity index (χ4n) is 3.09. The smallest absolute Gasteiger partial charge is 0.0547 e. The topological polar surface area (TPSA) is 37.4 Å². The van der Waals surface area contributed by atoms with Crippen molar-refractivity contribution in [2.24, 2.45) is 5.41 Å². The average molecular weight is 289 g/mol. The Morgan fingerprint density at radius 3 is 2.95 bits per heavy atom. The average Bonchev–Trinajstić information content (AvgIpc) is 3.25.